The van der Waals surface area contributed by atoms with Gasteiger partial charge >= 0.3 is 0 Å². The Morgan fingerprint density at radius 2 is 1.94 bits per heavy atom. The van der Waals surface area contributed by atoms with Crippen molar-refractivity contribution in [2.45, 2.75) is 32.4 Å². The molecule has 1 amide bonds. The number of carbonyl (C=O) groups is 1. The lowest BCUT2D eigenvalue weighted by molar-refractivity contribution is 0.0705. The number of rotatable bonds is 4. The number of aromatic nitrogens is 4. The zero-order chi connectivity index (χ0) is 20.8. The maximum absolute atomic E-state index is 13.1. The summed E-state index contributed by atoms with van der Waals surface area (Å²) in [6.45, 7) is 5.76. The van der Waals surface area contributed by atoms with E-state index in [9.17, 15) is 4.79 Å². The molecule has 5 rings (SSSR count). The van der Waals surface area contributed by atoms with Crippen LogP contribution in [-0.2, 0) is 7.05 Å². The monoisotopic (exact) mass is 439 g/mol. The summed E-state index contributed by atoms with van der Waals surface area (Å²) in [5, 5.41) is 11.2. The SMILES string of the molecule is Cc1cc(C)cc(Nc2nccc(-c3cc(C(=O)N4C[C@H]5C[C@H]4CN5)n(C)n3)n2)c1.Cl. The predicted octanol–water partition coefficient (Wildman–Crippen LogP) is 2.85. The molecule has 1 aromatic carbocycles. The second-order valence-corrected chi connectivity index (χ2v) is 8.26. The van der Waals surface area contributed by atoms with Crippen LogP contribution >= 0.6 is 12.4 Å². The van der Waals surface area contributed by atoms with Gasteiger partial charge in [-0.15, -0.1) is 12.4 Å². The van der Waals surface area contributed by atoms with Gasteiger partial charge in [-0.2, -0.15) is 5.10 Å². The fourth-order valence-electron chi connectivity index (χ4n) is 4.49. The summed E-state index contributed by atoms with van der Waals surface area (Å²) >= 11 is 0. The summed E-state index contributed by atoms with van der Waals surface area (Å²) < 4.78 is 1.65. The quantitative estimate of drug-likeness (QED) is 0.650. The molecule has 0 radical (unpaired) electrons. The second kappa shape index (κ2) is 8.28. The lowest BCUT2D eigenvalue weighted by atomic mass is 10.1. The Kier molecular flexibility index (Phi) is 5.68. The Bertz CT molecular complexity index is 1110. The van der Waals surface area contributed by atoms with E-state index in [0.29, 0.717) is 29.1 Å². The molecular weight excluding hydrogens is 414 g/mol. The number of aryl methyl sites for hydroxylation is 3. The van der Waals surface area contributed by atoms with Crippen molar-refractivity contribution in [2.75, 3.05) is 18.4 Å². The van der Waals surface area contributed by atoms with Crippen LogP contribution in [0.5, 0.6) is 0 Å². The highest BCUT2D eigenvalue weighted by atomic mass is 35.5. The van der Waals surface area contributed by atoms with Crippen molar-refractivity contribution in [3.8, 4) is 11.4 Å². The van der Waals surface area contributed by atoms with Crippen molar-refractivity contribution in [2.24, 2.45) is 7.05 Å². The second-order valence-electron chi connectivity index (χ2n) is 8.26. The number of amides is 1. The van der Waals surface area contributed by atoms with Crippen LogP contribution in [0.15, 0.2) is 36.5 Å². The fourth-order valence-corrected chi connectivity index (χ4v) is 4.49. The predicted molar refractivity (Wildman–Crippen MR) is 122 cm³/mol. The zero-order valence-corrected chi connectivity index (χ0v) is 18.6. The Balaban J connectivity index is 0.00000231. The summed E-state index contributed by atoms with van der Waals surface area (Å²) in [6, 6.07) is 10.6. The van der Waals surface area contributed by atoms with E-state index in [4.69, 9.17) is 0 Å². The highest BCUT2D eigenvalue weighted by molar-refractivity contribution is 5.94. The van der Waals surface area contributed by atoms with Gasteiger partial charge in [-0.3, -0.25) is 9.48 Å². The molecule has 3 aromatic rings. The molecule has 8 nitrogen and oxygen atoms in total. The van der Waals surface area contributed by atoms with Crippen LogP contribution in [0.4, 0.5) is 11.6 Å². The van der Waals surface area contributed by atoms with Gasteiger partial charge in [0, 0.05) is 44.1 Å². The normalized spacial score (nSPS) is 19.4. The number of carbonyl (C=O) groups excluding carboxylic acids is 1. The maximum atomic E-state index is 13.1. The maximum Gasteiger partial charge on any atom is 0.272 e. The van der Waals surface area contributed by atoms with E-state index < -0.39 is 0 Å². The van der Waals surface area contributed by atoms with Gasteiger partial charge in [0.1, 0.15) is 11.4 Å². The molecule has 0 spiro atoms. The molecule has 0 saturated carbocycles. The van der Waals surface area contributed by atoms with Gasteiger partial charge in [0.15, 0.2) is 0 Å². The first-order chi connectivity index (χ1) is 14.5. The topological polar surface area (TPSA) is 88.0 Å². The Morgan fingerprint density at radius 3 is 2.61 bits per heavy atom. The van der Waals surface area contributed by atoms with E-state index in [0.717, 1.165) is 25.2 Å². The van der Waals surface area contributed by atoms with Gasteiger partial charge in [-0.25, -0.2) is 9.97 Å². The largest absolute Gasteiger partial charge is 0.331 e. The van der Waals surface area contributed by atoms with Crippen molar-refractivity contribution >= 4 is 29.9 Å². The van der Waals surface area contributed by atoms with Crippen LogP contribution in [0.3, 0.4) is 0 Å². The first kappa shape index (κ1) is 21.3. The smallest absolute Gasteiger partial charge is 0.272 e. The number of anilines is 2. The highest BCUT2D eigenvalue weighted by Crippen LogP contribution is 2.26. The van der Waals surface area contributed by atoms with Crippen molar-refractivity contribution in [3.63, 3.8) is 0 Å². The lowest BCUT2D eigenvalue weighted by Crippen LogP contribution is -2.47. The third kappa shape index (κ3) is 4.13. The Labute approximate surface area is 187 Å². The fraction of sp³-hybridized carbons (Fsp3) is 0.364. The molecular formula is C22H26ClN7O. The van der Waals surface area contributed by atoms with E-state index in [1.54, 1.807) is 17.9 Å². The number of nitrogens with zero attached hydrogens (tertiary/aromatic N) is 5. The summed E-state index contributed by atoms with van der Waals surface area (Å²) in [7, 11) is 1.80. The van der Waals surface area contributed by atoms with Crippen LogP contribution in [0.2, 0.25) is 0 Å². The molecule has 2 aliphatic rings. The van der Waals surface area contributed by atoms with E-state index in [1.807, 2.05) is 17.0 Å². The van der Waals surface area contributed by atoms with Gasteiger partial charge in [-0.05, 0) is 55.7 Å². The zero-order valence-electron chi connectivity index (χ0n) is 17.8. The van der Waals surface area contributed by atoms with Crippen LogP contribution in [0, 0.1) is 13.8 Å². The molecule has 4 heterocycles. The molecule has 2 aliphatic heterocycles. The number of fused-ring (bicyclic) bond motifs is 2. The van der Waals surface area contributed by atoms with Crippen LogP contribution in [0.1, 0.15) is 28.0 Å². The first-order valence-electron chi connectivity index (χ1n) is 10.2. The summed E-state index contributed by atoms with van der Waals surface area (Å²) in [5.41, 5.74) is 5.21. The molecule has 2 atom stereocenters. The van der Waals surface area contributed by atoms with Crippen molar-refractivity contribution in [3.05, 3.63) is 53.3 Å². The molecule has 2 aromatic heterocycles. The summed E-state index contributed by atoms with van der Waals surface area (Å²) in [5.74, 6) is 0.534. The average Bonchev–Trinajstić information content (AvgIpc) is 3.42. The van der Waals surface area contributed by atoms with Gasteiger partial charge in [0.2, 0.25) is 5.95 Å². The number of hydrogen-bond donors (Lipinski definition) is 2. The number of likely N-dealkylation sites (tertiary alicyclic amines) is 1. The lowest BCUT2D eigenvalue weighted by Gasteiger charge is -2.27. The highest BCUT2D eigenvalue weighted by Gasteiger charge is 2.41. The molecule has 2 bridgehead atoms. The van der Waals surface area contributed by atoms with E-state index >= 15 is 0 Å². The van der Waals surface area contributed by atoms with Crippen LogP contribution in [0.25, 0.3) is 11.4 Å². The third-order valence-electron chi connectivity index (χ3n) is 5.81. The molecule has 2 saturated heterocycles. The van der Waals surface area contributed by atoms with Gasteiger partial charge in [0.25, 0.3) is 5.91 Å². The number of nitrogens with one attached hydrogen (secondary N) is 2. The Morgan fingerprint density at radius 1 is 1.16 bits per heavy atom. The van der Waals surface area contributed by atoms with Crippen molar-refractivity contribution in [1.82, 2.24) is 30.0 Å². The minimum atomic E-state index is 0. The minimum absolute atomic E-state index is 0. The van der Waals surface area contributed by atoms with Gasteiger partial charge < -0.3 is 15.5 Å². The van der Waals surface area contributed by atoms with Crippen LogP contribution in [-0.4, -0.2) is 55.7 Å². The molecule has 2 N–H and O–H groups in total. The molecule has 0 unspecified atom stereocenters. The van der Waals surface area contributed by atoms with E-state index in [2.05, 4.69) is 57.7 Å². The van der Waals surface area contributed by atoms with Crippen molar-refractivity contribution < 1.29 is 4.79 Å². The standard InChI is InChI=1S/C22H25N7O.ClH/c1-13-6-14(2)8-15(7-13)25-22-23-5-4-18(26-22)19-10-20(28(3)27-19)21(30)29-12-16-9-17(29)11-24-16;/h4-8,10,16-17,24H,9,11-12H2,1-3H3,(H,23,25,26);1H/t16-,17+;/m1./s1. The molecule has 2 fully saturated rings. The van der Waals surface area contributed by atoms with Crippen LogP contribution < -0.4 is 10.6 Å². The number of hydrogen-bond acceptors (Lipinski definition) is 6. The minimum Gasteiger partial charge on any atom is -0.331 e. The van der Waals surface area contributed by atoms with Gasteiger partial charge in [0.05, 0.1) is 5.69 Å². The Hall–Kier alpha value is -2.97. The van der Waals surface area contributed by atoms with Gasteiger partial charge in [-0.1, -0.05) is 6.07 Å². The first-order valence-corrected chi connectivity index (χ1v) is 10.2. The van der Waals surface area contributed by atoms with E-state index in [1.165, 1.54) is 11.1 Å². The molecule has 0 aliphatic carbocycles. The summed E-state index contributed by atoms with van der Waals surface area (Å²) in [6.07, 6.45) is 2.74. The number of halogens is 1. The van der Waals surface area contributed by atoms with Crippen molar-refractivity contribution in [1.29, 1.82) is 0 Å². The molecule has 9 heteroatoms. The summed E-state index contributed by atoms with van der Waals surface area (Å²) in [4.78, 5) is 24.0. The molecule has 162 valence electrons. The molecule has 31 heavy (non-hydrogen) atoms. The number of piperazine rings is 1. The third-order valence-corrected chi connectivity index (χ3v) is 5.81. The number of benzene rings is 1. The average molecular weight is 440 g/mol. The van der Waals surface area contributed by atoms with E-state index in [-0.39, 0.29) is 24.4 Å².